The Hall–Kier alpha value is -3.73. The lowest BCUT2D eigenvalue weighted by Crippen LogP contribution is -2.53. The summed E-state index contributed by atoms with van der Waals surface area (Å²) in [4.78, 5) is 41.8. The van der Waals surface area contributed by atoms with Crippen LogP contribution in [0.3, 0.4) is 0 Å². The van der Waals surface area contributed by atoms with Gasteiger partial charge in [-0.25, -0.2) is 4.90 Å². The number of amides is 2. The Morgan fingerprint density at radius 3 is 2.12 bits per heavy atom. The van der Waals surface area contributed by atoms with Crippen LogP contribution in [0.15, 0.2) is 66.7 Å². The molecule has 0 N–H and O–H groups in total. The van der Waals surface area contributed by atoms with Crippen molar-refractivity contribution in [2.75, 3.05) is 12.0 Å². The third-order valence-electron chi connectivity index (χ3n) is 8.18. The van der Waals surface area contributed by atoms with Crippen molar-refractivity contribution in [3.63, 3.8) is 0 Å². The second-order valence-corrected chi connectivity index (χ2v) is 9.44. The predicted octanol–water partition coefficient (Wildman–Crippen LogP) is 4.86. The first-order valence-corrected chi connectivity index (χ1v) is 11.7. The second-order valence-electron chi connectivity index (χ2n) is 9.44. The van der Waals surface area contributed by atoms with E-state index >= 15 is 0 Å². The lowest BCUT2D eigenvalue weighted by molar-refractivity contribution is -0.123. The number of carbonyl (C=O) groups excluding carboxylic acids is 3. The van der Waals surface area contributed by atoms with E-state index < -0.39 is 17.3 Å². The molecule has 1 aliphatic heterocycles. The fraction of sp³-hybridized carbons (Fsp3) is 0.276. The maximum absolute atomic E-state index is 14.2. The lowest BCUT2D eigenvalue weighted by atomic mass is 9.46. The van der Waals surface area contributed by atoms with Gasteiger partial charge in [0.1, 0.15) is 5.75 Å². The molecule has 0 spiro atoms. The first-order chi connectivity index (χ1) is 16.5. The van der Waals surface area contributed by atoms with Gasteiger partial charge in [-0.15, -0.1) is 0 Å². The molecule has 34 heavy (non-hydrogen) atoms. The third-order valence-corrected chi connectivity index (χ3v) is 8.18. The number of rotatable bonds is 4. The number of anilines is 1. The Labute approximate surface area is 198 Å². The van der Waals surface area contributed by atoms with Gasteiger partial charge in [-0.05, 0) is 53.8 Å². The van der Waals surface area contributed by atoms with Gasteiger partial charge >= 0.3 is 0 Å². The van der Waals surface area contributed by atoms with E-state index in [1.807, 2.05) is 24.3 Å². The minimum absolute atomic E-state index is 0.134. The molecule has 0 radical (unpaired) electrons. The summed E-state index contributed by atoms with van der Waals surface area (Å²) < 4.78 is 5.53. The molecule has 1 saturated heterocycles. The maximum atomic E-state index is 14.2. The van der Waals surface area contributed by atoms with E-state index in [0.717, 1.165) is 22.3 Å². The van der Waals surface area contributed by atoms with Crippen molar-refractivity contribution in [2.45, 2.75) is 31.6 Å². The van der Waals surface area contributed by atoms with Crippen LogP contribution in [0, 0.1) is 11.8 Å². The Balaban J connectivity index is 1.62. The molecular weight excluding hydrogens is 426 g/mol. The van der Waals surface area contributed by atoms with E-state index in [9.17, 15) is 14.4 Å². The molecule has 1 heterocycles. The molecular formula is C29H25NO4. The SMILES string of the molecule is CCC12c3ccccc3C(c3ccccc31)[C@H]1C(=O)N(c3cc(C(C)=O)ccc3OC)C(=O)[C@@H]12. The second kappa shape index (κ2) is 7.13. The number of carbonyl (C=O) groups is 3. The van der Waals surface area contributed by atoms with Crippen LogP contribution in [0.1, 0.15) is 58.8 Å². The van der Waals surface area contributed by atoms with E-state index in [4.69, 9.17) is 4.74 Å². The van der Waals surface area contributed by atoms with Crippen LogP contribution < -0.4 is 9.64 Å². The smallest absolute Gasteiger partial charge is 0.239 e. The van der Waals surface area contributed by atoms with Crippen LogP contribution in [0.4, 0.5) is 5.69 Å². The summed E-state index contributed by atoms with van der Waals surface area (Å²) in [6.07, 6.45) is 0.701. The summed E-state index contributed by atoms with van der Waals surface area (Å²) >= 11 is 0. The highest BCUT2D eigenvalue weighted by Gasteiger charge is 2.67. The molecule has 0 unspecified atom stereocenters. The summed E-state index contributed by atoms with van der Waals surface area (Å²) in [5.74, 6) is -1.36. The molecule has 0 aromatic heterocycles. The van der Waals surface area contributed by atoms with Crippen LogP contribution in [0.5, 0.6) is 5.75 Å². The highest BCUT2D eigenvalue weighted by atomic mass is 16.5. The minimum Gasteiger partial charge on any atom is -0.495 e. The number of benzene rings is 3. The average molecular weight is 452 g/mol. The number of hydrogen-bond donors (Lipinski definition) is 0. The first kappa shape index (κ1) is 20.8. The summed E-state index contributed by atoms with van der Waals surface area (Å²) in [7, 11) is 1.51. The number of hydrogen-bond acceptors (Lipinski definition) is 4. The van der Waals surface area contributed by atoms with Gasteiger partial charge in [0.05, 0.1) is 24.6 Å². The third kappa shape index (κ3) is 2.37. The maximum Gasteiger partial charge on any atom is 0.239 e. The zero-order valence-electron chi connectivity index (χ0n) is 19.4. The van der Waals surface area contributed by atoms with E-state index in [-0.39, 0.29) is 23.5 Å². The summed E-state index contributed by atoms with van der Waals surface area (Å²) in [6, 6.07) is 21.4. The van der Waals surface area contributed by atoms with Crippen LogP contribution >= 0.6 is 0 Å². The number of imide groups is 1. The quantitative estimate of drug-likeness (QED) is 0.420. The Kier molecular flexibility index (Phi) is 4.37. The molecule has 3 aromatic rings. The molecule has 4 aliphatic rings. The van der Waals surface area contributed by atoms with E-state index in [1.54, 1.807) is 18.2 Å². The highest BCUT2D eigenvalue weighted by molar-refractivity contribution is 6.24. The van der Waals surface area contributed by atoms with Gasteiger partial charge in [0.25, 0.3) is 0 Å². The number of Topliss-reactive ketones (excluding diaryl/α,β-unsaturated/α-hetero) is 1. The number of ether oxygens (including phenoxy) is 1. The van der Waals surface area contributed by atoms with Gasteiger partial charge in [0.15, 0.2) is 5.78 Å². The Bertz CT molecular complexity index is 1340. The van der Waals surface area contributed by atoms with Crippen molar-refractivity contribution in [1.82, 2.24) is 0 Å². The monoisotopic (exact) mass is 451 g/mol. The lowest BCUT2D eigenvalue weighted by Gasteiger charge is -2.54. The molecule has 170 valence electrons. The van der Waals surface area contributed by atoms with Gasteiger partial charge in [-0.1, -0.05) is 55.5 Å². The minimum atomic E-state index is -0.584. The van der Waals surface area contributed by atoms with Crippen LogP contribution in [0.2, 0.25) is 0 Å². The Morgan fingerprint density at radius 2 is 1.56 bits per heavy atom. The van der Waals surface area contributed by atoms with Crippen molar-refractivity contribution in [1.29, 1.82) is 0 Å². The molecule has 7 rings (SSSR count). The largest absolute Gasteiger partial charge is 0.495 e. The molecule has 0 saturated carbocycles. The van der Waals surface area contributed by atoms with Crippen molar-refractivity contribution < 1.29 is 19.1 Å². The molecule has 3 aromatic carbocycles. The van der Waals surface area contributed by atoms with E-state index in [0.29, 0.717) is 23.4 Å². The fourth-order valence-electron chi connectivity index (χ4n) is 6.85. The highest BCUT2D eigenvalue weighted by Crippen LogP contribution is 2.65. The normalized spacial score (nSPS) is 26.2. The van der Waals surface area contributed by atoms with Gasteiger partial charge < -0.3 is 4.74 Å². The summed E-state index contributed by atoms with van der Waals surface area (Å²) in [6.45, 7) is 3.58. The molecule has 2 bridgehead atoms. The molecule has 1 fully saturated rings. The standard InChI is InChI=1S/C29H25NO4/c1-4-29-20-11-7-5-9-18(20)24(19-10-6-8-12-21(19)29)25-26(29)28(33)30(27(25)32)22-15-17(16(2)31)13-14-23(22)34-3/h5-15,24-26H,4H2,1-3H3/t24?,25-,26-,29?/m1/s1. The molecule has 2 amide bonds. The van der Waals surface area contributed by atoms with Crippen molar-refractivity contribution >= 4 is 23.3 Å². The molecule has 5 heteroatoms. The van der Waals surface area contributed by atoms with Gasteiger partial charge in [-0.2, -0.15) is 0 Å². The number of nitrogens with zero attached hydrogens (tertiary/aromatic N) is 1. The van der Waals surface area contributed by atoms with Crippen molar-refractivity contribution in [2.24, 2.45) is 11.8 Å². The zero-order chi connectivity index (χ0) is 23.8. The van der Waals surface area contributed by atoms with Gasteiger partial charge in [0.2, 0.25) is 11.8 Å². The molecule has 5 nitrogen and oxygen atoms in total. The fourth-order valence-corrected chi connectivity index (χ4v) is 6.85. The van der Waals surface area contributed by atoms with Crippen LogP contribution in [-0.4, -0.2) is 24.7 Å². The number of methoxy groups -OCH3 is 1. The van der Waals surface area contributed by atoms with Gasteiger partial charge in [0, 0.05) is 16.9 Å². The van der Waals surface area contributed by atoms with Gasteiger partial charge in [-0.3, -0.25) is 14.4 Å². The van der Waals surface area contributed by atoms with Crippen molar-refractivity contribution in [3.05, 3.63) is 94.5 Å². The average Bonchev–Trinajstić information content (AvgIpc) is 3.14. The van der Waals surface area contributed by atoms with E-state index in [2.05, 4.69) is 31.2 Å². The van der Waals surface area contributed by atoms with E-state index in [1.165, 1.54) is 18.9 Å². The molecule has 3 aliphatic carbocycles. The topological polar surface area (TPSA) is 63.7 Å². The van der Waals surface area contributed by atoms with Crippen molar-refractivity contribution in [3.8, 4) is 5.75 Å². The zero-order valence-corrected chi connectivity index (χ0v) is 19.4. The summed E-state index contributed by atoms with van der Waals surface area (Å²) in [5, 5.41) is 0. The molecule has 2 atom stereocenters. The first-order valence-electron chi connectivity index (χ1n) is 11.7. The van der Waals surface area contributed by atoms with Crippen LogP contribution in [-0.2, 0) is 15.0 Å². The Morgan fingerprint density at radius 1 is 0.941 bits per heavy atom. The number of ketones is 1. The van der Waals surface area contributed by atoms with Crippen LogP contribution in [0.25, 0.3) is 0 Å². The summed E-state index contributed by atoms with van der Waals surface area (Å²) in [5.41, 5.74) is 4.77. The predicted molar refractivity (Wildman–Crippen MR) is 128 cm³/mol.